The molecular weight excluding hydrogens is 1060 g/mol. The minimum Gasteiger partial charge on any atom is -0.479 e. The van der Waals surface area contributed by atoms with Gasteiger partial charge in [-0.3, -0.25) is 4.79 Å². The zero-order chi connectivity index (χ0) is 58.4. The minimum atomic E-state index is -2.18. The molecule has 3 heterocycles. The minimum absolute atomic E-state index is 0.104. The molecule has 13 N–H and O–H groups in total. The number of carbonyl (C=O) groups is 3. The lowest BCUT2D eigenvalue weighted by Crippen LogP contribution is -2.72. The average Bonchev–Trinajstić information content (AvgIpc) is 3.39. The number of esters is 2. The van der Waals surface area contributed by atoms with E-state index < -0.39 is 198 Å². The number of hydrogen-bond acceptors (Lipinski definition) is 24. The topological polar surface area (TPSA) is 388 Å². The maximum atomic E-state index is 13.4. The summed E-state index contributed by atoms with van der Waals surface area (Å²) in [7, 11) is 10.2. The normalized spacial score (nSPS) is 51.8. The van der Waals surface area contributed by atoms with Crippen LogP contribution in [0.15, 0.2) is 23.3 Å². The number of hydrogen-bond donors (Lipinski definition) is 14. The quantitative estimate of drug-likeness (QED) is 0.0192. The summed E-state index contributed by atoms with van der Waals surface area (Å²) in [5, 5.41) is 140. The van der Waals surface area contributed by atoms with Crippen LogP contribution < -0.4 is 0 Å². The van der Waals surface area contributed by atoms with E-state index in [1.165, 1.54) is 6.92 Å². The molecule has 5 aliphatic carbocycles. The van der Waals surface area contributed by atoms with Gasteiger partial charge in [-0.25, -0.2) is 9.59 Å². The van der Waals surface area contributed by atoms with E-state index in [1.807, 2.05) is 7.85 Å². The van der Waals surface area contributed by atoms with Crippen LogP contribution in [0.3, 0.4) is 0 Å². The molecule has 8 rings (SSSR count). The van der Waals surface area contributed by atoms with E-state index in [4.69, 9.17) is 50.5 Å². The fraction of sp³-hybridized carbons (Fsp3) is 0.857. The van der Waals surface area contributed by atoms with E-state index in [1.54, 1.807) is 27.8 Å². The Bertz CT molecular complexity index is 2320. The molecule has 0 spiro atoms. The van der Waals surface area contributed by atoms with Gasteiger partial charge >= 0.3 is 17.9 Å². The first-order valence-corrected chi connectivity index (χ1v) is 27.8. The Labute approximate surface area is 467 Å². The number of fused-ring (bicyclic) bond motifs is 7. The number of rotatable bonds is 14. The largest absolute Gasteiger partial charge is 0.479 e. The summed E-state index contributed by atoms with van der Waals surface area (Å²) in [5.74, 6) is -4.08. The average molecular weight is 1140 g/mol. The summed E-state index contributed by atoms with van der Waals surface area (Å²) in [6, 6.07) is 0. The fourth-order valence-corrected chi connectivity index (χ4v) is 16.4. The van der Waals surface area contributed by atoms with Gasteiger partial charge in [-0.1, -0.05) is 47.6 Å². The highest BCUT2D eigenvalue weighted by atomic mass is 32.1. The van der Waals surface area contributed by atoms with E-state index in [0.29, 0.717) is 31.3 Å². The van der Waals surface area contributed by atoms with Gasteiger partial charge in [0.05, 0.1) is 37.4 Å². The highest BCUT2D eigenvalue weighted by Gasteiger charge is 2.74. The second-order valence-electron chi connectivity index (χ2n) is 24.9. The Morgan fingerprint density at radius 1 is 0.696 bits per heavy atom. The number of carbonyl (C=O) groups excluding carboxylic acids is 2. The number of ether oxygens (including phenoxy) is 8. The molecule has 3 saturated heterocycles. The van der Waals surface area contributed by atoms with Gasteiger partial charge in [0.25, 0.3) is 0 Å². The van der Waals surface area contributed by atoms with Crippen LogP contribution in [0.4, 0.5) is 0 Å². The maximum Gasteiger partial charge on any atom is 0.335 e. The number of allylic oxidation sites excluding steroid dienone is 3. The van der Waals surface area contributed by atoms with Crippen molar-refractivity contribution in [1.82, 2.24) is 0 Å². The summed E-state index contributed by atoms with van der Waals surface area (Å²) in [6.07, 6.45) is -27.1. The second-order valence-corrected chi connectivity index (χ2v) is 25.9. The SMILES string of the molecule is B[C@]12CC[C@H](OC3OC(C(=O)O)C(OC4OC(CO)C(O)C(O)C4O)C(O)C3OC3OC(CO)C(O)C(O)C3O)[C@](B)(CO)C1CC[C@]1(B)C2CC=C2C3C[C@@](B)(S)[C@@H](OC(=O)/C(C)=C\C)[C@H](OC(C)=O)[C@]3(CO)[C@H](O)C[C@]21B. The zero-order valence-electron chi connectivity index (χ0n) is 45.9. The second kappa shape index (κ2) is 23.0. The Kier molecular flexibility index (Phi) is 18.3. The van der Waals surface area contributed by atoms with Crippen molar-refractivity contribution >= 4 is 69.8 Å². The zero-order valence-corrected chi connectivity index (χ0v) is 46.8. The smallest absolute Gasteiger partial charge is 0.335 e. The molecule has 28 atom stereocenters. The van der Waals surface area contributed by atoms with Gasteiger partial charge in [0, 0.05) is 23.8 Å². The highest BCUT2D eigenvalue weighted by Crippen LogP contribution is 2.81. The number of carboxylic acid groups (broad SMARTS) is 1. The van der Waals surface area contributed by atoms with Gasteiger partial charge in [-0.05, 0) is 67.9 Å². The lowest BCUT2D eigenvalue weighted by atomic mass is 9.21. The summed E-state index contributed by atoms with van der Waals surface area (Å²) < 4.78 is 46.9. The Morgan fingerprint density at radius 2 is 1.28 bits per heavy atom. The first-order chi connectivity index (χ1) is 36.9. The highest BCUT2D eigenvalue weighted by molar-refractivity contribution is 7.83. The van der Waals surface area contributed by atoms with Gasteiger partial charge in [0.15, 0.2) is 31.1 Å². The van der Waals surface area contributed by atoms with Crippen LogP contribution >= 0.6 is 12.6 Å². The summed E-state index contributed by atoms with van der Waals surface area (Å²) in [6.45, 7) is 1.70. The number of aliphatic carboxylic acids is 1. The maximum absolute atomic E-state index is 13.4. The van der Waals surface area contributed by atoms with Gasteiger partial charge in [-0.15, -0.1) is 0 Å². The van der Waals surface area contributed by atoms with Crippen molar-refractivity contribution in [2.24, 2.45) is 23.2 Å². The van der Waals surface area contributed by atoms with Crippen LogP contribution in [0.5, 0.6) is 0 Å². The lowest BCUT2D eigenvalue weighted by Gasteiger charge is -2.73. The predicted octanol–water partition coefficient (Wildman–Crippen LogP) is -7.95. The first-order valence-electron chi connectivity index (χ1n) is 27.4. The molecule has 0 aromatic carbocycles. The van der Waals surface area contributed by atoms with E-state index >= 15 is 0 Å². The number of carboxylic acids is 1. The van der Waals surface area contributed by atoms with Crippen molar-refractivity contribution in [1.29, 1.82) is 0 Å². The fourth-order valence-electron chi connectivity index (χ4n) is 16.0. The molecule has 440 valence electrons. The summed E-state index contributed by atoms with van der Waals surface area (Å²) in [5.41, 5.74) is -0.205. The molecule has 0 aromatic rings. The molecule has 0 aromatic heterocycles. The monoisotopic (exact) mass is 1140 g/mol. The van der Waals surface area contributed by atoms with Crippen LogP contribution in [0.2, 0.25) is 21.3 Å². The molecule has 0 amide bonds. The summed E-state index contributed by atoms with van der Waals surface area (Å²) in [4.78, 5) is 39.4. The van der Waals surface area contributed by atoms with Crippen LogP contribution in [-0.2, 0) is 52.3 Å². The standard InChI is InChI=1S/C49H79B5O24S/c1-4-17(2)40(70)78-38-37(71-18(3)59)44(15-57)20(11-49(38,54)79)19-5-6-24-45(50)9-8-26(46(51,16-58)23(45)7-10-47(24,52)48(19,53)12-25(44)60)74-43-35(76-42-32(66)30(64)28(62)22(14-56)73-42)33(67)34(36(77-43)39(68)69)75-41-31(65)29(63)27(61)21(13-55)72-41/h4-5,20-38,41-43,55-58,60-67,79H,6-16,50-54H2,1-3H3,(H,68,69)/b17-4-/t20?,21?,22?,23?,24?,25-,26+,27?,28?,29?,30?,31?,32?,33?,34?,35?,36?,37+,38+,41?,42?,43?,44+,45-,46+,47+,48+,49-/m1/s1. The third-order valence-electron chi connectivity index (χ3n) is 20.8. The lowest BCUT2D eigenvalue weighted by molar-refractivity contribution is -0.388. The third kappa shape index (κ3) is 10.2. The molecule has 30 heteroatoms. The molecule has 0 bridgehead atoms. The Balaban J connectivity index is 1.12. The van der Waals surface area contributed by atoms with Crippen LogP contribution in [0.25, 0.3) is 0 Å². The molecule has 18 unspecified atom stereocenters. The third-order valence-corrected chi connectivity index (χ3v) is 21.2. The van der Waals surface area contributed by atoms with Crippen LogP contribution in [0.1, 0.15) is 65.7 Å². The van der Waals surface area contributed by atoms with Gasteiger partial charge in [0.2, 0.25) is 0 Å². The van der Waals surface area contributed by atoms with Crippen LogP contribution in [-0.4, -0.2) is 271 Å². The number of thiol groups is 1. The van der Waals surface area contributed by atoms with Crippen molar-refractivity contribution in [3.8, 4) is 0 Å². The van der Waals surface area contributed by atoms with Crippen molar-refractivity contribution in [2.75, 3.05) is 26.4 Å². The molecule has 24 nitrogen and oxygen atoms in total. The van der Waals surface area contributed by atoms with E-state index in [2.05, 4.69) is 29.6 Å². The molecule has 4 saturated carbocycles. The van der Waals surface area contributed by atoms with Crippen molar-refractivity contribution in [3.63, 3.8) is 0 Å². The molecule has 7 fully saturated rings. The number of aliphatic hydroxyl groups is 12. The van der Waals surface area contributed by atoms with Crippen molar-refractivity contribution in [2.45, 2.75) is 208 Å². The Morgan fingerprint density at radius 3 is 1.80 bits per heavy atom. The van der Waals surface area contributed by atoms with Gasteiger partial charge in [-0.2, -0.15) is 12.6 Å². The molecule has 3 aliphatic heterocycles. The molecule has 79 heavy (non-hydrogen) atoms. The summed E-state index contributed by atoms with van der Waals surface area (Å²) >= 11 is 5.11. The predicted molar refractivity (Wildman–Crippen MR) is 288 cm³/mol. The first kappa shape index (κ1) is 62.9. The molecule has 8 aliphatic rings. The van der Waals surface area contributed by atoms with Crippen molar-refractivity contribution in [3.05, 3.63) is 23.3 Å². The van der Waals surface area contributed by atoms with Crippen LogP contribution in [0, 0.1) is 23.2 Å². The van der Waals surface area contributed by atoms with E-state index in [9.17, 15) is 80.8 Å². The molecule has 0 radical (unpaired) electrons. The van der Waals surface area contributed by atoms with Crippen molar-refractivity contribution < 1.29 is 119 Å². The number of aliphatic hydroxyl groups excluding tert-OH is 12. The molecular formula is C49H79B5O24S. The van der Waals surface area contributed by atoms with E-state index in [0.717, 1.165) is 5.57 Å². The van der Waals surface area contributed by atoms with Gasteiger partial charge < -0.3 is 104 Å². The van der Waals surface area contributed by atoms with E-state index in [-0.39, 0.29) is 31.1 Å². The van der Waals surface area contributed by atoms with Gasteiger partial charge in [0.1, 0.15) is 112 Å². The Hall–Kier alpha value is -2.16.